The zero-order chi connectivity index (χ0) is 19.7. The maximum absolute atomic E-state index is 5.28. The number of aliphatic imine (C=N–C) groups is 2. The van der Waals surface area contributed by atoms with Crippen molar-refractivity contribution in [3.8, 4) is 0 Å². The average Bonchev–Trinajstić information content (AvgIpc) is 2.49. The van der Waals surface area contributed by atoms with Gasteiger partial charge in [-0.1, -0.05) is 0 Å². The molecule has 0 fully saturated rings. The van der Waals surface area contributed by atoms with E-state index in [-0.39, 0.29) is 0 Å². The Kier molecular flexibility index (Phi) is 12.0. The van der Waals surface area contributed by atoms with Crippen LogP contribution in [0.5, 0.6) is 0 Å². The van der Waals surface area contributed by atoms with E-state index in [0.29, 0.717) is 9.27 Å². The summed E-state index contributed by atoms with van der Waals surface area (Å²) in [5, 5.41) is 0. The van der Waals surface area contributed by atoms with Gasteiger partial charge in [0.25, 0.3) is 0 Å². The van der Waals surface area contributed by atoms with Crippen molar-refractivity contribution in [3.05, 3.63) is 0 Å². The SMILES string of the molecule is CCCC=N[CH](CC)[Ru]([CH](CC)N=CCCC)([PH](C)(C)C)[PH](C)(C)C. The predicted molar refractivity (Wildman–Crippen MR) is 127 cm³/mol. The van der Waals surface area contributed by atoms with Crippen LogP contribution in [-0.2, 0) is 13.8 Å². The first kappa shape index (κ1) is 25.8. The van der Waals surface area contributed by atoms with Crippen molar-refractivity contribution in [2.24, 2.45) is 9.98 Å². The van der Waals surface area contributed by atoms with Crippen molar-refractivity contribution in [2.45, 2.75) is 75.5 Å². The first-order chi connectivity index (χ1) is 11.5. The third-order valence-corrected chi connectivity index (χ3v) is 63.9. The van der Waals surface area contributed by atoms with Crippen molar-refractivity contribution in [1.29, 1.82) is 0 Å². The molecule has 0 aliphatic rings. The summed E-state index contributed by atoms with van der Waals surface area (Å²) in [5.74, 6) is 0. The van der Waals surface area contributed by atoms with Gasteiger partial charge < -0.3 is 0 Å². The molecule has 0 saturated carbocycles. The Balaban J connectivity index is 6.40. The number of hydrogen-bond donors (Lipinski definition) is 0. The van der Waals surface area contributed by atoms with E-state index in [1.807, 2.05) is 0 Å². The number of hydrogen-bond acceptors (Lipinski definition) is 2. The Morgan fingerprint density at radius 1 is 0.680 bits per heavy atom. The third kappa shape index (κ3) is 6.44. The van der Waals surface area contributed by atoms with Crippen LogP contribution in [0.25, 0.3) is 0 Å². The van der Waals surface area contributed by atoms with Crippen molar-refractivity contribution in [2.75, 3.05) is 40.0 Å². The van der Waals surface area contributed by atoms with Gasteiger partial charge >= 0.3 is 163 Å². The molecular weight excluding hydrogens is 431 g/mol. The van der Waals surface area contributed by atoms with Gasteiger partial charge in [-0.3, -0.25) is 0 Å². The summed E-state index contributed by atoms with van der Waals surface area (Å²) >= 11 is -2.12. The van der Waals surface area contributed by atoms with Crippen LogP contribution in [0.3, 0.4) is 0 Å². The predicted octanol–water partition coefficient (Wildman–Crippen LogP) is 6.46. The van der Waals surface area contributed by atoms with Crippen molar-refractivity contribution < 1.29 is 13.8 Å². The Morgan fingerprint density at radius 3 is 1.20 bits per heavy atom. The molecule has 25 heavy (non-hydrogen) atoms. The molecular formula is C20H48N2P2Ru. The monoisotopic (exact) mass is 480 g/mol. The quantitative estimate of drug-likeness (QED) is 0.174. The molecule has 0 heterocycles. The van der Waals surface area contributed by atoms with Gasteiger partial charge in [0, 0.05) is 0 Å². The zero-order valence-corrected chi connectivity index (χ0v) is 22.5. The molecule has 2 nitrogen and oxygen atoms in total. The van der Waals surface area contributed by atoms with E-state index in [1.54, 1.807) is 0 Å². The molecule has 0 rings (SSSR count). The standard InChI is InChI=1S/2C7H14N.2C3H9P.Ru/c2*1-3-5-7-8-6-4-2;2*1-4(2)3;/h2*6-7H,3-5H2,1-2H3;2*1-3H3;/q;;;;-2/p+2. The molecule has 0 aliphatic heterocycles. The summed E-state index contributed by atoms with van der Waals surface area (Å²) < 4.78 is 1.18. The maximum atomic E-state index is 5.28. The number of nitrogens with zero attached hydrogens (tertiary/aromatic N) is 2. The van der Waals surface area contributed by atoms with Gasteiger partial charge in [0.05, 0.1) is 0 Å². The summed E-state index contributed by atoms with van der Waals surface area (Å²) in [6, 6.07) is 0. The minimum absolute atomic E-state index is 0.588. The zero-order valence-electron chi connectivity index (χ0n) is 18.8. The fraction of sp³-hybridized carbons (Fsp3) is 0.900. The van der Waals surface area contributed by atoms with Crippen LogP contribution in [0, 0.1) is 0 Å². The fourth-order valence-electron chi connectivity index (χ4n) is 3.83. The molecule has 0 spiro atoms. The molecule has 0 aliphatic carbocycles. The second-order valence-corrected chi connectivity index (χ2v) is 46.7. The Labute approximate surface area is 162 Å². The van der Waals surface area contributed by atoms with Crippen molar-refractivity contribution >= 4 is 23.6 Å². The van der Waals surface area contributed by atoms with Gasteiger partial charge in [0.15, 0.2) is 0 Å². The van der Waals surface area contributed by atoms with Gasteiger partial charge in [0.2, 0.25) is 0 Å². The van der Waals surface area contributed by atoms with Crippen LogP contribution in [0.1, 0.15) is 66.2 Å². The van der Waals surface area contributed by atoms with Crippen LogP contribution < -0.4 is 0 Å². The third-order valence-electron chi connectivity index (χ3n) is 4.51. The Morgan fingerprint density at radius 2 is 1.00 bits per heavy atom. The molecule has 156 valence electrons. The molecule has 0 bridgehead atoms. The summed E-state index contributed by atoms with van der Waals surface area (Å²) in [4.78, 5) is 10.6. The van der Waals surface area contributed by atoms with Crippen molar-refractivity contribution in [1.82, 2.24) is 0 Å². The van der Waals surface area contributed by atoms with E-state index in [2.05, 4.69) is 80.1 Å². The molecule has 5 heteroatoms. The first-order valence-electron chi connectivity index (χ1n) is 10.3. The summed E-state index contributed by atoms with van der Waals surface area (Å²) in [6.07, 6.45) is 11.6. The van der Waals surface area contributed by atoms with Gasteiger partial charge in [-0.05, 0) is 0 Å². The molecule has 2 unspecified atom stereocenters. The van der Waals surface area contributed by atoms with Gasteiger partial charge in [-0.15, -0.1) is 0 Å². The summed E-state index contributed by atoms with van der Waals surface area (Å²) in [7, 11) is 0. The molecule has 0 N–H and O–H groups in total. The second kappa shape index (κ2) is 11.6. The number of rotatable bonds is 12. The second-order valence-electron chi connectivity index (χ2n) is 8.57. The van der Waals surface area contributed by atoms with E-state index in [1.165, 1.54) is 25.7 Å². The van der Waals surface area contributed by atoms with Crippen LogP contribution in [0.15, 0.2) is 9.98 Å². The van der Waals surface area contributed by atoms with Crippen LogP contribution in [-0.4, -0.2) is 61.7 Å². The van der Waals surface area contributed by atoms with E-state index < -0.39 is 25.0 Å². The van der Waals surface area contributed by atoms with Crippen molar-refractivity contribution in [3.63, 3.8) is 0 Å². The molecule has 0 saturated heterocycles. The van der Waals surface area contributed by atoms with Gasteiger partial charge in [-0.25, -0.2) is 0 Å². The Bertz CT molecular complexity index is 382. The molecule has 0 aromatic carbocycles. The van der Waals surface area contributed by atoms with Gasteiger partial charge in [-0.2, -0.15) is 0 Å². The molecule has 0 radical (unpaired) electrons. The van der Waals surface area contributed by atoms with Crippen LogP contribution >= 0.6 is 11.2 Å². The van der Waals surface area contributed by atoms with E-state index >= 15 is 0 Å². The Hall–Kier alpha value is 0.823. The van der Waals surface area contributed by atoms with E-state index in [0.717, 1.165) is 12.8 Å². The normalized spacial score (nSPS) is 21.2. The average molecular weight is 480 g/mol. The van der Waals surface area contributed by atoms with E-state index in [4.69, 9.17) is 9.98 Å². The van der Waals surface area contributed by atoms with Crippen LogP contribution in [0.4, 0.5) is 0 Å². The molecule has 0 aromatic heterocycles. The number of unbranched alkanes of at least 4 members (excludes halogenated alkanes) is 2. The topological polar surface area (TPSA) is 24.7 Å². The fourth-order valence-corrected chi connectivity index (χ4v) is 77.9. The molecule has 0 amide bonds. The minimum atomic E-state index is -2.12. The summed E-state index contributed by atoms with van der Waals surface area (Å²) in [6.45, 7) is 25.1. The van der Waals surface area contributed by atoms with Gasteiger partial charge in [0.1, 0.15) is 0 Å². The first-order valence-corrected chi connectivity index (χ1v) is 24.2. The molecule has 2 atom stereocenters. The molecule has 0 aromatic rings. The summed E-state index contributed by atoms with van der Waals surface area (Å²) in [5.41, 5.74) is -2.71. The van der Waals surface area contributed by atoms with E-state index in [9.17, 15) is 0 Å². The van der Waals surface area contributed by atoms with Crippen LogP contribution in [0.2, 0.25) is 0 Å².